The molecule has 0 bridgehead atoms. The molecule has 0 atom stereocenters. The smallest absolute Gasteiger partial charge is 0.268 e. The molecule has 11 aromatic rings. The van der Waals surface area contributed by atoms with Gasteiger partial charge in [-0.2, -0.15) is 18.2 Å². The molecule has 0 aliphatic rings. The summed E-state index contributed by atoms with van der Waals surface area (Å²) in [7, 11) is 0. The van der Waals surface area contributed by atoms with Crippen molar-refractivity contribution in [3.63, 3.8) is 0 Å². The Hall–Kier alpha value is -7.33. The molecule has 294 valence electrons. The van der Waals surface area contributed by atoms with Gasteiger partial charge in [0.2, 0.25) is 0 Å². The molecule has 11 rings (SSSR count). The van der Waals surface area contributed by atoms with Crippen LogP contribution >= 0.6 is 0 Å². The van der Waals surface area contributed by atoms with Crippen LogP contribution in [0, 0.1) is 25.3 Å². The standard InChI is InChI=1S/C55H36N4O.Pt/c1-38-33-54(56-36-49(38)41-21-9-4-10-22-41)59-50-28-12-11-25-47(50)48-32-31-44(35-53(48)59)60-43-24-15-23-42(34-43)57-37-58(52-30-14-13-29-51(52)57)55-45(39-17-5-2-6-18-39)26-16-27-46(55)40-19-7-3-8-20-40;/h2-33,36H,1H3;/q-2;/i1D3,4D,9D,10D,21D,22D;. The van der Waals surface area contributed by atoms with E-state index in [0.29, 0.717) is 22.7 Å². The topological polar surface area (TPSA) is 35.9 Å². The number of aromatic nitrogens is 4. The van der Waals surface area contributed by atoms with Gasteiger partial charge in [0.05, 0.1) is 23.6 Å². The number of ether oxygens (including phenoxy) is 1. The van der Waals surface area contributed by atoms with Gasteiger partial charge in [0.25, 0.3) is 6.33 Å². The second kappa shape index (κ2) is 16.0. The van der Waals surface area contributed by atoms with Gasteiger partial charge in [0.15, 0.2) is 0 Å². The van der Waals surface area contributed by atoms with Crippen LogP contribution in [0.5, 0.6) is 11.5 Å². The number of pyridine rings is 1. The fraction of sp³-hybridized carbons (Fsp3) is 0.0182. The first-order chi connectivity index (χ1) is 33.0. The summed E-state index contributed by atoms with van der Waals surface area (Å²) in [5.41, 5.74) is 8.50. The van der Waals surface area contributed by atoms with Crippen LogP contribution in [-0.4, -0.2) is 14.1 Å². The molecule has 0 radical (unpaired) electrons. The maximum Gasteiger partial charge on any atom is 0.268 e. The van der Waals surface area contributed by atoms with Gasteiger partial charge in [-0.25, -0.2) is 4.98 Å². The largest absolute Gasteiger partial charge is 0.510 e. The zero-order valence-electron chi connectivity index (χ0n) is 40.2. The summed E-state index contributed by atoms with van der Waals surface area (Å²) >= 11 is 0. The van der Waals surface area contributed by atoms with E-state index < -0.39 is 37.1 Å². The first kappa shape index (κ1) is 29.8. The molecule has 0 spiro atoms. The molecule has 0 saturated carbocycles. The molecule has 0 aliphatic carbocycles. The third-order valence-corrected chi connectivity index (χ3v) is 10.7. The van der Waals surface area contributed by atoms with Crippen LogP contribution < -0.4 is 9.30 Å². The molecular formula is C55H36N4OPt-2. The molecule has 0 amide bonds. The number of benzene rings is 8. The molecule has 0 saturated heterocycles. The van der Waals surface area contributed by atoms with Crippen molar-refractivity contribution < 1.29 is 41.3 Å². The maximum atomic E-state index is 8.59. The number of para-hydroxylation sites is 4. The van der Waals surface area contributed by atoms with Gasteiger partial charge >= 0.3 is 0 Å². The van der Waals surface area contributed by atoms with Crippen LogP contribution in [0.1, 0.15) is 16.5 Å². The van der Waals surface area contributed by atoms with E-state index in [1.165, 1.54) is 12.3 Å². The SMILES string of the molecule is [2H]c1c([2H])c([2H])c(-c2cnc(-n3c4[c-]c(Oc5[c-]c(-n6[c-][n+](-c7c(-c8ccccc8)cccc7-c7ccccc7)c7ccccc76)ccc5)ccc4c4ccccc43)cc2C([2H])([2H])[2H])c([2H])c1[2H].[Pt]. The number of hydrogen-bond donors (Lipinski definition) is 0. The summed E-state index contributed by atoms with van der Waals surface area (Å²) in [6, 6.07) is 57.8. The van der Waals surface area contributed by atoms with Gasteiger partial charge in [-0.3, -0.25) is 4.57 Å². The Kier molecular flexibility index (Phi) is 7.83. The van der Waals surface area contributed by atoms with Crippen molar-refractivity contribution in [2.45, 2.75) is 6.85 Å². The zero-order valence-corrected chi connectivity index (χ0v) is 34.5. The third-order valence-electron chi connectivity index (χ3n) is 10.7. The predicted octanol–water partition coefficient (Wildman–Crippen LogP) is 12.9. The minimum atomic E-state index is -2.75. The Bertz CT molecular complexity index is 3690. The summed E-state index contributed by atoms with van der Waals surface area (Å²) in [5.74, 6) is 1.01. The van der Waals surface area contributed by atoms with E-state index in [1.54, 1.807) is 4.57 Å². The van der Waals surface area contributed by atoms with E-state index in [9.17, 15) is 0 Å². The molecule has 61 heavy (non-hydrogen) atoms. The summed E-state index contributed by atoms with van der Waals surface area (Å²) in [6.07, 6.45) is 4.95. The maximum absolute atomic E-state index is 8.59. The van der Waals surface area contributed by atoms with Gasteiger partial charge < -0.3 is 13.9 Å². The molecule has 3 aromatic heterocycles. The number of imidazole rings is 1. The molecule has 0 fully saturated rings. The normalized spacial score (nSPS) is 13.3. The van der Waals surface area contributed by atoms with E-state index in [1.807, 2.05) is 108 Å². The number of aryl methyl sites for hydroxylation is 1. The Morgan fingerprint density at radius 1 is 0.607 bits per heavy atom. The molecular weight excluding hydrogens is 928 g/mol. The van der Waals surface area contributed by atoms with E-state index in [2.05, 4.69) is 77.6 Å². The average Bonchev–Trinajstić information content (AvgIpc) is 3.91. The van der Waals surface area contributed by atoms with Gasteiger partial charge in [0.1, 0.15) is 5.82 Å². The molecule has 6 heteroatoms. The van der Waals surface area contributed by atoms with Gasteiger partial charge in [-0.1, -0.05) is 157 Å². The van der Waals surface area contributed by atoms with Crippen molar-refractivity contribution in [3.05, 3.63) is 224 Å². The fourth-order valence-corrected chi connectivity index (χ4v) is 7.96. The summed E-state index contributed by atoms with van der Waals surface area (Å²) in [5, 5.41) is 1.67. The number of fused-ring (bicyclic) bond motifs is 4. The Labute approximate surface area is 379 Å². The second-order valence-electron chi connectivity index (χ2n) is 14.2. The van der Waals surface area contributed by atoms with Crippen molar-refractivity contribution in [2.75, 3.05) is 0 Å². The Morgan fingerprint density at radius 2 is 1.28 bits per heavy atom. The van der Waals surface area contributed by atoms with Crippen LogP contribution in [0.4, 0.5) is 0 Å². The van der Waals surface area contributed by atoms with Crippen molar-refractivity contribution in [1.82, 2.24) is 14.1 Å². The Morgan fingerprint density at radius 3 is 2.03 bits per heavy atom. The van der Waals surface area contributed by atoms with E-state index >= 15 is 0 Å². The monoisotopic (exact) mass is 971 g/mol. The molecule has 0 unspecified atom stereocenters. The quantitative estimate of drug-likeness (QED) is 0.112. The molecule has 8 aromatic carbocycles. The van der Waals surface area contributed by atoms with Gasteiger partial charge in [0, 0.05) is 54.0 Å². The molecule has 0 aliphatic heterocycles. The first-order valence-corrected chi connectivity index (χ1v) is 19.4. The first-order valence-electron chi connectivity index (χ1n) is 23.4. The van der Waals surface area contributed by atoms with E-state index in [-0.39, 0.29) is 43.6 Å². The number of rotatable bonds is 8. The number of nitrogens with zero attached hydrogens (tertiary/aromatic N) is 4. The van der Waals surface area contributed by atoms with Crippen LogP contribution in [-0.2, 0) is 21.1 Å². The summed E-state index contributed by atoms with van der Waals surface area (Å²) in [4.78, 5) is 4.69. The molecule has 5 nitrogen and oxygen atoms in total. The number of hydrogen-bond acceptors (Lipinski definition) is 2. The van der Waals surface area contributed by atoms with Crippen molar-refractivity contribution in [3.8, 4) is 62.1 Å². The van der Waals surface area contributed by atoms with Crippen LogP contribution in [0.2, 0.25) is 0 Å². The Balaban J connectivity index is 0.00000553. The van der Waals surface area contributed by atoms with E-state index in [4.69, 9.17) is 20.7 Å². The van der Waals surface area contributed by atoms with E-state index in [0.717, 1.165) is 55.3 Å². The van der Waals surface area contributed by atoms with Crippen molar-refractivity contribution in [2.24, 2.45) is 0 Å². The minimum Gasteiger partial charge on any atom is -0.510 e. The summed E-state index contributed by atoms with van der Waals surface area (Å²) < 4.78 is 79.7. The zero-order chi connectivity index (χ0) is 46.8. The second-order valence-corrected chi connectivity index (χ2v) is 14.2. The third kappa shape index (κ3) is 6.83. The molecule has 0 N–H and O–H groups in total. The minimum absolute atomic E-state index is 0. The van der Waals surface area contributed by atoms with Crippen molar-refractivity contribution >= 4 is 32.8 Å². The van der Waals surface area contributed by atoms with Crippen LogP contribution in [0.15, 0.2) is 200 Å². The summed E-state index contributed by atoms with van der Waals surface area (Å²) in [6.45, 7) is -2.75. The predicted molar refractivity (Wildman–Crippen MR) is 241 cm³/mol. The van der Waals surface area contributed by atoms with Crippen LogP contribution in [0.25, 0.3) is 83.4 Å². The van der Waals surface area contributed by atoms with Crippen molar-refractivity contribution in [1.29, 1.82) is 0 Å². The molecule has 3 heterocycles. The van der Waals surface area contributed by atoms with Gasteiger partial charge in [-0.05, 0) is 63.4 Å². The van der Waals surface area contributed by atoms with Crippen LogP contribution in [0.3, 0.4) is 0 Å². The fourth-order valence-electron chi connectivity index (χ4n) is 7.96. The van der Waals surface area contributed by atoms with Gasteiger partial charge in [-0.15, -0.1) is 29.7 Å². The average molecular weight is 972 g/mol.